The van der Waals surface area contributed by atoms with Gasteiger partial charge in [-0.05, 0) is 37.0 Å². The van der Waals surface area contributed by atoms with Crippen molar-refractivity contribution in [1.29, 1.82) is 0 Å². The Bertz CT molecular complexity index is 1080. The van der Waals surface area contributed by atoms with Crippen molar-refractivity contribution in [1.82, 2.24) is 15.1 Å². The number of carbonyl (C=O) groups excluding carboxylic acids is 2. The molecule has 166 valence electrons. The Balaban J connectivity index is 1.36. The lowest BCUT2D eigenvalue weighted by atomic mass is 10.0. The number of fused-ring (bicyclic) bond motifs is 1. The van der Waals surface area contributed by atoms with E-state index in [1.807, 2.05) is 60.1 Å². The van der Waals surface area contributed by atoms with Crippen LogP contribution in [-0.4, -0.2) is 40.4 Å². The van der Waals surface area contributed by atoms with Crippen molar-refractivity contribution in [3.8, 4) is 5.69 Å². The molecule has 0 aliphatic carbocycles. The molecule has 2 amide bonds. The van der Waals surface area contributed by atoms with Crippen molar-refractivity contribution in [2.75, 3.05) is 23.7 Å². The molecule has 1 unspecified atom stereocenters. The first-order chi connectivity index (χ1) is 15.5. The molecule has 1 aromatic heterocycles. The minimum absolute atomic E-state index is 0.0172. The number of benzene rings is 2. The van der Waals surface area contributed by atoms with E-state index in [4.69, 9.17) is 5.10 Å². The third-order valence-corrected chi connectivity index (χ3v) is 6.68. The van der Waals surface area contributed by atoms with Gasteiger partial charge in [-0.15, -0.1) is 0 Å². The van der Waals surface area contributed by atoms with Crippen molar-refractivity contribution in [2.45, 2.75) is 37.6 Å². The van der Waals surface area contributed by atoms with Gasteiger partial charge in [0, 0.05) is 19.5 Å². The van der Waals surface area contributed by atoms with Gasteiger partial charge in [0.25, 0.3) is 0 Å². The molecular formula is C25H28N4O2S. The number of thioether (sulfide) groups is 1. The lowest BCUT2D eigenvalue weighted by Gasteiger charge is -2.27. The number of amides is 2. The highest BCUT2D eigenvalue weighted by Gasteiger charge is 2.31. The molecule has 0 fully saturated rings. The number of aryl methyl sites for hydroxylation is 1. The molecule has 0 saturated heterocycles. The van der Waals surface area contributed by atoms with Gasteiger partial charge in [0.2, 0.25) is 11.8 Å². The molecule has 0 saturated carbocycles. The van der Waals surface area contributed by atoms with Crippen LogP contribution < -0.4 is 10.2 Å². The van der Waals surface area contributed by atoms with Crippen LogP contribution in [0.1, 0.15) is 36.9 Å². The van der Waals surface area contributed by atoms with Gasteiger partial charge in [0.15, 0.2) is 0 Å². The molecule has 1 aliphatic rings. The molecule has 0 spiro atoms. The van der Waals surface area contributed by atoms with Gasteiger partial charge in [-0.25, -0.2) is 4.68 Å². The monoisotopic (exact) mass is 448 g/mol. The number of hydrogen-bond donors (Lipinski definition) is 1. The van der Waals surface area contributed by atoms with E-state index in [2.05, 4.69) is 24.4 Å². The summed E-state index contributed by atoms with van der Waals surface area (Å²) in [5.41, 5.74) is 3.88. The van der Waals surface area contributed by atoms with E-state index in [1.54, 1.807) is 4.90 Å². The number of nitrogens with one attached hydrogen (secondary N) is 1. The summed E-state index contributed by atoms with van der Waals surface area (Å²) in [6.45, 7) is 5.15. The van der Waals surface area contributed by atoms with Crippen molar-refractivity contribution in [3.63, 3.8) is 0 Å². The SMILES string of the molecule is Cc1nn(-c2ccccc2)c2c1N(CCCC(=O)NCC(C)c1ccccc1)C(=O)CS2. The van der Waals surface area contributed by atoms with E-state index in [-0.39, 0.29) is 17.7 Å². The highest BCUT2D eigenvalue weighted by atomic mass is 32.2. The molecule has 32 heavy (non-hydrogen) atoms. The Morgan fingerprint density at radius 3 is 2.53 bits per heavy atom. The van der Waals surface area contributed by atoms with Crippen molar-refractivity contribution < 1.29 is 9.59 Å². The number of hydrogen-bond acceptors (Lipinski definition) is 4. The fourth-order valence-corrected chi connectivity index (χ4v) is 4.98. The van der Waals surface area contributed by atoms with Crippen LogP contribution in [0.25, 0.3) is 5.69 Å². The maximum atomic E-state index is 12.7. The maximum absolute atomic E-state index is 12.7. The van der Waals surface area contributed by atoms with Gasteiger partial charge in [-0.1, -0.05) is 67.2 Å². The summed E-state index contributed by atoms with van der Waals surface area (Å²) in [5, 5.41) is 8.69. The van der Waals surface area contributed by atoms with E-state index in [9.17, 15) is 9.59 Å². The predicted molar refractivity (Wildman–Crippen MR) is 128 cm³/mol. The number of anilines is 1. The van der Waals surface area contributed by atoms with E-state index in [0.29, 0.717) is 31.7 Å². The largest absolute Gasteiger partial charge is 0.356 e. The molecule has 4 rings (SSSR count). The van der Waals surface area contributed by atoms with E-state index in [0.717, 1.165) is 22.1 Å². The van der Waals surface area contributed by atoms with Crippen molar-refractivity contribution in [3.05, 3.63) is 71.9 Å². The van der Waals surface area contributed by atoms with Crippen LogP contribution in [0.15, 0.2) is 65.7 Å². The molecule has 3 aromatic rings. The highest BCUT2D eigenvalue weighted by molar-refractivity contribution is 8.00. The minimum atomic E-state index is 0.0172. The summed E-state index contributed by atoms with van der Waals surface area (Å²) < 4.78 is 1.91. The van der Waals surface area contributed by atoms with Crippen molar-refractivity contribution >= 4 is 29.3 Å². The molecule has 1 aliphatic heterocycles. The molecular weight excluding hydrogens is 420 g/mol. The molecule has 0 bridgehead atoms. The van der Waals surface area contributed by atoms with E-state index >= 15 is 0 Å². The van der Waals surface area contributed by atoms with Gasteiger partial charge in [-0.2, -0.15) is 5.10 Å². The summed E-state index contributed by atoms with van der Waals surface area (Å²) >= 11 is 1.52. The topological polar surface area (TPSA) is 67.2 Å². The second kappa shape index (κ2) is 10.0. The summed E-state index contributed by atoms with van der Waals surface area (Å²) in [5.74, 6) is 0.723. The van der Waals surface area contributed by atoms with Gasteiger partial charge >= 0.3 is 0 Å². The molecule has 0 radical (unpaired) electrons. The minimum Gasteiger partial charge on any atom is -0.356 e. The zero-order valence-corrected chi connectivity index (χ0v) is 19.3. The average Bonchev–Trinajstić information content (AvgIpc) is 3.16. The van der Waals surface area contributed by atoms with Crippen LogP contribution in [0.2, 0.25) is 0 Å². The quantitative estimate of drug-likeness (QED) is 0.557. The Morgan fingerprint density at radius 2 is 1.81 bits per heavy atom. The van der Waals surface area contributed by atoms with Crippen molar-refractivity contribution in [2.24, 2.45) is 0 Å². The fourth-order valence-electron chi connectivity index (χ4n) is 3.90. The Hall–Kier alpha value is -3.06. The van der Waals surface area contributed by atoms with Crippen LogP contribution in [0.4, 0.5) is 5.69 Å². The van der Waals surface area contributed by atoms with E-state index < -0.39 is 0 Å². The molecule has 7 heteroatoms. The summed E-state index contributed by atoms with van der Waals surface area (Å²) in [6.07, 6.45) is 0.997. The Kier molecular flexibility index (Phi) is 6.95. The van der Waals surface area contributed by atoms with Gasteiger partial charge in [0.05, 0.1) is 22.8 Å². The van der Waals surface area contributed by atoms with Crippen LogP contribution in [-0.2, 0) is 9.59 Å². The average molecular weight is 449 g/mol. The first kappa shape index (κ1) is 22.1. The van der Waals surface area contributed by atoms with Crippen LogP contribution in [0, 0.1) is 6.92 Å². The third-order valence-electron chi connectivity index (χ3n) is 5.65. The summed E-state index contributed by atoms with van der Waals surface area (Å²) in [6, 6.07) is 20.1. The normalized spacial score (nSPS) is 14.2. The Morgan fingerprint density at radius 1 is 1.12 bits per heavy atom. The summed E-state index contributed by atoms with van der Waals surface area (Å²) in [7, 11) is 0. The summed E-state index contributed by atoms with van der Waals surface area (Å²) in [4.78, 5) is 26.8. The van der Waals surface area contributed by atoms with Gasteiger partial charge < -0.3 is 10.2 Å². The third kappa shape index (κ3) is 4.88. The molecule has 6 nitrogen and oxygen atoms in total. The zero-order valence-electron chi connectivity index (χ0n) is 18.5. The lowest BCUT2D eigenvalue weighted by Crippen LogP contribution is -2.37. The van der Waals surface area contributed by atoms with Crippen LogP contribution in [0.3, 0.4) is 0 Å². The Labute approximate surface area is 193 Å². The standard InChI is InChI=1S/C25H28N4O2S/c1-18(20-10-5-3-6-11-20)16-26-22(30)14-9-15-28-23(31)17-32-25-24(28)19(2)27-29(25)21-12-7-4-8-13-21/h3-8,10-13,18H,9,14-17H2,1-2H3,(H,26,30). The highest BCUT2D eigenvalue weighted by Crippen LogP contribution is 2.39. The zero-order chi connectivity index (χ0) is 22.5. The lowest BCUT2D eigenvalue weighted by molar-refractivity contribution is -0.121. The number of aromatic nitrogens is 2. The predicted octanol–water partition coefficient (Wildman–Crippen LogP) is 4.32. The number of rotatable bonds is 8. The van der Waals surface area contributed by atoms with Gasteiger partial charge in [0.1, 0.15) is 5.03 Å². The van der Waals surface area contributed by atoms with Crippen LogP contribution in [0.5, 0.6) is 0 Å². The fraction of sp³-hybridized carbons (Fsp3) is 0.320. The van der Waals surface area contributed by atoms with E-state index in [1.165, 1.54) is 17.3 Å². The number of para-hydroxylation sites is 1. The molecule has 1 N–H and O–H groups in total. The molecule has 2 heterocycles. The second-order valence-corrected chi connectivity index (χ2v) is 9.00. The van der Waals surface area contributed by atoms with Gasteiger partial charge in [-0.3, -0.25) is 9.59 Å². The molecule has 2 aromatic carbocycles. The smallest absolute Gasteiger partial charge is 0.237 e. The number of carbonyl (C=O) groups is 2. The molecule has 1 atom stereocenters. The first-order valence-electron chi connectivity index (χ1n) is 10.9. The second-order valence-electron chi connectivity index (χ2n) is 8.04. The maximum Gasteiger partial charge on any atom is 0.237 e. The first-order valence-corrected chi connectivity index (χ1v) is 11.9. The van der Waals surface area contributed by atoms with Crippen LogP contribution >= 0.6 is 11.8 Å². The number of nitrogens with zero attached hydrogens (tertiary/aromatic N) is 3.